The van der Waals surface area contributed by atoms with E-state index in [1.54, 1.807) is 31.5 Å². The molecule has 1 atom stereocenters. The van der Waals surface area contributed by atoms with Gasteiger partial charge in [-0.1, -0.05) is 11.6 Å². The summed E-state index contributed by atoms with van der Waals surface area (Å²) >= 11 is 6.06. The Morgan fingerprint density at radius 2 is 2.24 bits per heavy atom. The summed E-state index contributed by atoms with van der Waals surface area (Å²) in [6.07, 6.45) is 3.43. The number of aromatic nitrogens is 1. The van der Waals surface area contributed by atoms with Crippen molar-refractivity contribution in [3.05, 3.63) is 58.1 Å². The third-order valence-corrected chi connectivity index (χ3v) is 3.00. The highest BCUT2D eigenvalue weighted by atomic mass is 35.5. The number of hydrogen-bond acceptors (Lipinski definition) is 1. The van der Waals surface area contributed by atoms with E-state index >= 15 is 0 Å². The van der Waals surface area contributed by atoms with Crippen molar-refractivity contribution < 1.29 is 4.39 Å². The summed E-state index contributed by atoms with van der Waals surface area (Å²) in [4.78, 5) is 2.87. The predicted octanol–water partition coefficient (Wildman–Crippen LogP) is 3.77. The van der Waals surface area contributed by atoms with Crippen molar-refractivity contribution in [2.45, 2.75) is 12.8 Å². The number of hydrogen-bond donors (Lipinski definition) is 1. The van der Waals surface area contributed by atoms with E-state index in [1.807, 2.05) is 0 Å². The summed E-state index contributed by atoms with van der Waals surface area (Å²) < 4.78 is 13.5. The van der Waals surface area contributed by atoms with Gasteiger partial charge in [-0.3, -0.25) is 0 Å². The molecule has 17 heavy (non-hydrogen) atoms. The molecule has 1 N–H and O–H groups in total. The third-order valence-electron chi connectivity index (χ3n) is 2.67. The summed E-state index contributed by atoms with van der Waals surface area (Å²) in [6.45, 7) is 1.64. The van der Waals surface area contributed by atoms with E-state index < -0.39 is 5.92 Å². The molecular formula is C13H10ClFN2. The van der Waals surface area contributed by atoms with Gasteiger partial charge in [-0.2, -0.15) is 5.26 Å². The first-order chi connectivity index (χ1) is 8.13. The summed E-state index contributed by atoms with van der Waals surface area (Å²) in [5, 5.41) is 9.60. The molecule has 0 radical (unpaired) electrons. The smallest absolute Gasteiger partial charge is 0.126 e. The SMILES string of the molecule is Cc1cc(Cl)c(C(C#N)c2cc[nH]c2)cc1F. The van der Waals surface area contributed by atoms with Crippen LogP contribution in [0.1, 0.15) is 22.6 Å². The molecule has 86 valence electrons. The first-order valence-electron chi connectivity index (χ1n) is 5.11. The number of aromatic amines is 1. The van der Waals surface area contributed by atoms with Gasteiger partial charge in [-0.15, -0.1) is 0 Å². The fourth-order valence-electron chi connectivity index (χ4n) is 1.72. The molecule has 2 rings (SSSR count). The van der Waals surface area contributed by atoms with E-state index in [2.05, 4.69) is 11.1 Å². The van der Waals surface area contributed by atoms with Crippen LogP contribution in [-0.4, -0.2) is 4.98 Å². The molecule has 0 fully saturated rings. The van der Waals surface area contributed by atoms with Crippen LogP contribution in [0.2, 0.25) is 5.02 Å². The average Bonchev–Trinajstić information content (AvgIpc) is 2.80. The van der Waals surface area contributed by atoms with Gasteiger partial charge in [0.15, 0.2) is 0 Å². The fourth-order valence-corrected chi connectivity index (χ4v) is 2.05. The Kier molecular flexibility index (Phi) is 3.16. The maximum atomic E-state index is 13.5. The van der Waals surface area contributed by atoms with Gasteiger partial charge in [0.25, 0.3) is 0 Å². The second-order valence-electron chi connectivity index (χ2n) is 3.83. The van der Waals surface area contributed by atoms with E-state index in [9.17, 15) is 9.65 Å². The normalized spacial score (nSPS) is 12.1. The van der Waals surface area contributed by atoms with Crippen LogP contribution in [0.25, 0.3) is 0 Å². The predicted molar refractivity (Wildman–Crippen MR) is 64.4 cm³/mol. The molecule has 1 aromatic carbocycles. The van der Waals surface area contributed by atoms with Gasteiger partial charge < -0.3 is 4.98 Å². The highest BCUT2D eigenvalue weighted by Crippen LogP contribution is 2.31. The van der Waals surface area contributed by atoms with Gasteiger partial charge in [-0.25, -0.2) is 4.39 Å². The molecule has 2 nitrogen and oxygen atoms in total. The number of nitrogens with zero attached hydrogens (tertiary/aromatic N) is 1. The van der Waals surface area contributed by atoms with Crippen LogP contribution in [0.15, 0.2) is 30.6 Å². The van der Waals surface area contributed by atoms with Gasteiger partial charge in [0.05, 0.1) is 12.0 Å². The maximum absolute atomic E-state index is 13.5. The first-order valence-corrected chi connectivity index (χ1v) is 5.49. The van der Waals surface area contributed by atoms with Gasteiger partial charge in [0.1, 0.15) is 5.82 Å². The molecule has 0 bridgehead atoms. The van der Waals surface area contributed by atoms with Crippen LogP contribution in [0, 0.1) is 24.1 Å². The van der Waals surface area contributed by atoms with Crippen molar-refractivity contribution in [2.24, 2.45) is 0 Å². The minimum Gasteiger partial charge on any atom is -0.367 e. The van der Waals surface area contributed by atoms with Gasteiger partial charge in [-0.05, 0) is 41.8 Å². The third kappa shape index (κ3) is 2.17. The van der Waals surface area contributed by atoms with Gasteiger partial charge in [0, 0.05) is 17.4 Å². The monoisotopic (exact) mass is 248 g/mol. The average molecular weight is 249 g/mol. The zero-order chi connectivity index (χ0) is 12.4. The number of halogens is 2. The van der Waals surface area contributed by atoms with Crippen LogP contribution in [0.4, 0.5) is 4.39 Å². The van der Waals surface area contributed by atoms with E-state index in [4.69, 9.17) is 11.6 Å². The Balaban J connectivity index is 2.53. The zero-order valence-corrected chi connectivity index (χ0v) is 9.92. The molecule has 0 aliphatic rings. The van der Waals surface area contributed by atoms with Gasteiger partial charge in [0.2, 0.25) is 0 Å². The Bertz CT molecular complexity index is 570. The Hall–Kier alpha value is -1.79. The fraction of sp³-hybridized carbons (Fsp3) is 0.154. The lowest BCUT2D eigenvalue weighted by molar-refractivity contribution is 0.616. The Morgan fingerprint density at radius 1 is 1.47 bits per heavy atom. The molecule has 0 spiro atoms. The lowest BCUT2D eigenvalue weighted by Crippen LogP contribution is -1.99. The molecule has 0 saturated carbocycles. The highest BCUT2D eigenvalue weighted by Gasteiger charge is 2.18. The molecule has 2 aromatic rings. The quantitative estimate of drug-likeness (QED) is 0.863. The van der Waals surface area contributed by atoms with Crippen LogP contribution < -0.4 is 0 Å². The number of H-pyrrole nitrogens is 1. The molecule has 0 amide bonds. The van der Waals surface area contributed by atoms with Crippen LogP contribution in [0.3, 0.4) is 0 Å². The number of nitrogens with one attached hydrogen (secondary N) is 1. The standard InChI is InChI=1S/C13H10ClFN2/c1-8-4-12(14)10(5-13(8)15)11(6-16)9-2-3-17-7-9/h2-5,7,11,17H,1H3. The topological polar surface area (TPSA) is 39.6 Å². The molecule has 4 heteroatoms. The number of nitriles is 1. The van der Waals surface area contributed by atoms with E-state index in [0.29, 0.717) is 16.1 Å². The van der Waals surface area contributed by atoms with Crippen molar-refractivity contribution >= 4 is 11.6 Å². The number of rotatable bonds is 2. The molecule has 0 aliphatic carbocycles. The summed E-state index contributed by atoms with van der Waals surface area (Å²) in [7, 11) is 0. The molecule has 1 heterocycles. The lowest BCUT2D eigenvalue weighted by Gasteiger charge is -2.11. The van der Waals surface area contributed by atoms with Gasteiger partial charge >= 0.3 is 0 Å². The second kappa shape index (κ2) is 4.60. The Labute approximate surface area is 104 Å². The minimum absolute atomic E-state index is 0.347. The largest absolute Gasteiger partial charge is 0.367 e. The van der Waals surface area contributed by atoms with Crippen molar-refractivity contribution in [2.75, 3.05) is 0 Å². The van der Waals surface area contributed by atoms with Crippen LogP contribution in [0.5, 0.6) is 0 Å². The summed E-state index contributed by atoms with van der Waals surface area (Å²) in [5.74, 6) is -0.899. The Morgan fingerprint density at radius 3 is 2.82 bits per heavy atom. The maximum Gasteiger partial charge on any atom is 0.126 e. The van der Waals surface area contributed by atoms with Crippen molar-refractivity contribution in [3.8, 4) is 6.07 Å². The number of benzene rings is 1. The molecule has 0 saturated heterocycles. The second-order valence-corrected chi connectivity index (χ2v) is 4.24. The van der Waals surface area contributed by atoms with E-state index in [1.165, 1.54) is 6.07 Å². The molecule has 1 aromatic heterocycles. The van der Waals surface area contributed by atoms with Crippen LogP contribution >= 0.6 is 11.6 Å². The molecule has 0 aliphatic heterocycles. The van der Waals surface area contributed by atoms with E-state index in [-0.39, 0.29) is 5.82 Å². The zero-order valence-electron chi connectivity index (χ0n) is 9.17. The summed E-state index contributed by atoms with van der Waals surface area (Å²) in [5.41, 5.74) is 1.75. The van der Waals surface area contributed by atoms with Crippen LogP contribution in [-0.2, 0) is 0 Å². The lowest BCUT2D eigenvalue weighted by atomic mass is 9.94. The minimum atomic E-state index is -0.552. The van der Waals surface area contributed by atoms with Crippen molar-refractivity contribution in [1.82, 2.24) is 4.98 Å². The highest BCUT2D eigenvalue weighted by molar-refractivity contribution is 6.31. The summed E-state index contributed by atoms with van der Waals surface area (Å²) in [6, 6.07) is 6.79. The number of aryl methyl sites for hydroxylation is 1. The molecular weight excluding hydrogens is 239 g/mol. The van der Waals surface area contributed by atoms with E-state index in [0.717, 1.165) is 5.56 Å². The molecule has 1 unspecified atom stereocenters. The van der Waals surface area contributed by atoms with Crippen molar-refractivity contribution in [1.29, 1.82) is 5.26 Å². The first kappa shape index (κ1) is 11.7. The van der Waals surface area contributed by atoms with Crippen molar-refractivity contribution in [3.63, 3.8) is 0 Å².